The molecule has 1 N–H and O–H groups in total. The Morgan fingerprint density at radius 2 is 1.51 bits per heavy atom. The summed E-state index contributed by atoms with van der Waals surface area (Å²) >= 11 is 0. The topological polar surface area (TPSA) is 64.1 Å². The second kappa shape index (κ2) is 10.2. The summed E-state index contributed by atoms with van der Waals surface area (Å²) in [5, 5.41) is 9.22. The largest absolute Gasteiger partial charge is 0.478 e. The van der Waals surface area contributed by atoms with Crippen molar-refractivity contribution in [1.82, 2.24) is 9.80 Å². The van der Waals surface area contributed by atoms with Gasteiger partial charge < -0.3 is 14.9 Å². The van der Waals surface area contributed by atoms with Gasteiger partial charge in [-0.15, -0.1) is 0 Å². The van der Waals surface area contributed by atoms with Gasteiger partial charge in [0.05, 0.1) is 17.0 Å². The summed E-state index contributed by atoms with van der Waals surface area (Å²) in [4.78, 5) is 31.3. The minimum Gasteiger partial charge on any atom is -0.478 e. The van der Waals surface area contributed by atoms with Gasteiger partial charge in [-0.1, -0.05) is 25.0 Å². The van der Waals surface area contributed by atoms with Crippen LogP contribution in [0.5, 0.6) is 0 Å². The molecule has 0 aromatic heterocycles. The molecule has 3 saturated heterocycles. The number of carboxylic acids is 1. The van der Waals surface area contributed by atoms with Crippen LogP contribution in [0, 0.1) is 17.8 Å². The van der Waals surface area contributed by atoms with Crippen LogP contribution in [0.15, 0.2) is 42.5 Å². The summed E-state index contributed by atoms with van der Waals surface area (Å²) in [5.74, 6) is -0.168. The van der Waals surface area contributed by atoms with E-state index in [0.717, 1.165) is 31.6 Å². The van der Waals surface area contributed by atoms with Crippen molar-refractivity contribution in [3.8, 4) is 11.1 Å². The van der Waals surface area contributed by atoms with Crippen LogP contribution in [-0.2, 0) is 11.0 Å². The van der Waals surface area contributed by atoms with Crippen LogP contribution in [0.4, 0.5) is 18.9 Å². The molecule has 3 heterocycles. The Balaban J connectivity index is 1.16. The standard InChI is InChI=1S/C30H34F3N3O3/c31-30(32,33)24-9-10-27(26(13-24)19-5-7-20(8-6-19)29(38)39)35-15-22-17-36(18-23(22)16-35)28(37)21-11-12-34(14-21)25-3-1-2-4-25/h5-10,13,21-23,25H,1-4,11-12,14-18H2,(H,38,39). The number of aromatic carboxylic acids is 1. The van der Waals surface area contributed by atoms with Crippen LogP contribution in [-0.4, -0.2) is 72.1 Å². The summed E-state index contributed by atoms with van der Waals surface area (Å²) in [6.45, 7) is 4.64. The zero-order chi connectivity index (χ0) is 27.3. The van der Waals surface area contributed by atoms with Crippen molar-refractivity contribution < 1.29 is 27.9 Å². The van der Waals surface area contributed by atoms with Gasteiger partial charge in [-0.2, -0.15) is 13.2 Å². The molecule has 0 radical (unpaired) electrons. The second-order valence-electron chi connectivity index (χ2n) is 11.7. The average molecular weight is 542 g/mol. The van der Waals surface area contributed by atoms with Crippen molar-refractivity contribution in [3.63, 3.8) is 0 Å². The van der Waals surface area contributed by atoms with Gasteiger partial charge in [-0.25, -0.2) is 4.79 Å². The molecule has 2 aromatic carbocycles. The third-order valence-corrected chi connectivity index (χ3v) is 9.32. The molecule has 3 aliphatic heterocycles. The predicted octanol–water partition coefficient (Wildman–Crippen LogP) is 5.23. The number of likely N-dealkylation sites (tertiary alicyclic amines) is 2. The third-order valence-electron chi connectivity index (χ3n) is 9.32. The molecule has 0 spiro atoms. The Kier molecular flexibility index (Phi) is 6.81. The highest BCUT2D eigenvalue weighted by Gasteiger charge is 2.45. The fourth-order valence-electron chi connectivity index (χ4n) is 7.23. The lowest BCUT2D eigenvalue weighted by Gasteiger charge is -2.27. The SMILES string of the molecule is O=C(O)c1ccc(-c2cc(C(F)(F)F)ccc2N2CC3CN(C(=O)C4CCN(C5CCCC5)C4)CC3C2)cc1. The molecule has 9 heteroatoms. The first-order valence-electron chi connectivity index (χ1n) is 14.0. The monoisotopic (exact) mass is 541 g/mol. The Hall–Kier alpha value is -3.07. The highest BCUT2D eigenvalue weighted by molar-refractivity contribution is 5.89. The van der Waals surface area contributed by atoms with E-state index < -0.39 is 17.7 Å². The fourth-order valence-corrected chi connectivity index (χ4v) is 7.23. The average Bonchev–Trinajstić information content (AvgIpc) is 3.71. The predicted molar refractivity (Wildman–Crippen MR) is 142 cm³/mol. The number of alkyl halides is 3. The summed E-state index contributed by atoms with van der Waals surface area (Å²) in [6.07, 6.45) is 1.54. The molecule has 3 atom stereocenters. The van der Waals surface area contributed by atoms with Crippen molar-refractivity contribution in [3.05, 3.63) is 53.6 Å². The van der Waals surface area contributed by atoms with Gasteiger partial charge in [0.2, 0.25) is 5.91 Å². The first-order valence-corrected chi connectivity index (χ1v) is 14.0. The van der Waals surface area contributed by atoms with Crippen molar-refractivity contribution in [2.45, 2.75) is 44.3 Å². The molecule has 4 aliphatic rings. The van der Waals surface area contributed by atoms with Crippen LogP contribution in [0.25, 0.3) is 11.1 Å². The van der Waals surface area contributed by atoms with E-state index in [9.17, 15) is 27.9 Å². The van der Waals surface area contributed by atoms with Crippen molar-refractivity contribution >= 4 is 17.6 Å². The summed E-state index contributed by atoms with van der Waals surface area (Å²) < 4.78 is 40.7. The zero-order valence-corrected chi connectivity index (χ0v) is 21.9. The van der Waals surface area contributed by atoms with Crippen molar-refractivity contribution in [2.24, 2.45) is 17.8 Å². The Morgan fingerprint density at radius 3 is 2.13 bits per heavy atom. The summed E-state index contributed by atoms with van der Waals surface area (Å²) in [5.41, 5.74) is 1.04. The van der Waals surface area contributed by atoms with Crippen molar-refractivity contribution in [1.29, 1.82) is 0 Å². The van der Waals surface area contributed by atoms with E-state index in [1.54, 1.807) is 12.1 Å². The number of hydrogen-bond acceptors (Lipinski definition) is 4. The number of anilines is 1. The maximum atomic E-state index is 13.6. The lowest BCUT2D eigenvalue weighted by Crippen LogP contribution is -2.39. The number of amides is 1. The van der Waals surface area contributed by atoms with E-state index in [1.807, 2.05) is 4.90 Å². The van der Waals surface area contributed by atoms with Gasteiger partial charge in [0.25, 0.3) is 0 Å². The maximum Gasteiger partial charge on any atom is 0.416 e. The summed E-state index contributed by atoms with van der Waals surface area (Å²) in [7, 11) is 0. The quantitative estimate of drug-likeness (QED) is 0.562. The normalized spacial score (nSPS) is 26.0. The lowest BCUT2D eigenvalue weighted by atomic mass is 9.98. The maximum absolute atomic E-state index is 13.6. The van der Waals surface area contributed by atoms with Gasteiger partial charge in [0, 0.05) is 61.9 Å². The van der Waals surface area contributed by atoms with Crippen LogP contribution in [0.2, 0.25) is 0 Å². The number of hydrogen-bond donors (Lipinski definition) is 1. The molecular weight excluding hydrogens is 507 g/mol. The molecule has 2 aromatic rings. The molecule has 0 bridgehead atoms. The molecule has 208 valence electrons. The fraction of sp³-hybridized carbons (Fsp3) is 0.533. The van der Waals surface area contributed by atoms with Crippen molar-refractivity contribution in [2.75, 3.05) is 44.2 Å². The van der Waals surface area contributed by atoms with E-state index in [1.165, 1.54) is 43.9 Å². The number of carbonyl (C=O) groups is 2. The first-order chi connectivity index (χ1) is 18.7. The van der Waals surface area contributed by atoms with Crippen LogP contribution >= 0.6 is 0 Å². The van der Waals surface area contributed by atoms with Crippen LogP contribution in [0.1, 0.15) is 48.0 Å². The highest BCUT2D eigenvalue weighted by atomic mass is 19.4. The molecule has 6 rings (SSSR count). The minimum atomic E-state index is -4.48. The molecule has 1 saturated carbocycles. The Bertz CT molecular complexity index is 1230. The number of nitrogens with zero attached hydrogens (tertiary/aromatic N) is 3. The van der Waals surface area contributed by atoms with Crippen LogP contribution < -0.4 is 4.90 Å². The molecular formula is C30H34F3N3O3. The minimum absolute atomic E-state index is 0.0795. The summed E-state index contributed by atoms with van der Waals surface area (Å²) in [6, 6.07) is 10.4. The number of rotatable bonds is 5. The van der Waals surface area contributed by atoms with E-state index in [-0.39, 0.29) is 29.2 Å². The van der Waals surface area contributed by atoms with Gasteiger partial charge in [0.1, 0.15) is 0 Å². The van der Waals surface area contributed by atoms with Gasteiger partial charge in [-0.05, 0) is 61.7 Å². The number of fused-ring (bicyclic) bond motifs is 1. The molecule has 1 aliphatic carbocycles. The van der Waals surface area contributed by atoms with Gasteiger partial charge in [0.15, 0.2) is 0 Å². The van der Waals surface area contributed by atoms with E-state index in [2.05, 4.69) is 9.80 Å². The number of carbonyl (C=O) groups excluding carboxylic acids is 1. The molecule has 39 heavy (non-hydrogen) atoms. The van der Waals surface area contributed by atoms with Gasteiger partial charge in [-0.3, -0.25) is 9.69 Å². The molecule has 3 unspecified atom stereocenters. The highest BCUT2D eigenvalue weighted by Crippen LogP contribution is 2.42. The number of carboxylic acid groups (broad SMARTS) is 1. The first kappa shape index (κ1) is 26.2. The molecule has 1 amide bonds. The second-order valence-corrected chi connectivity index (χ2v) is 11.7. The van der Waals surface area contributed by atoms with Gasteiger partial charge >= 0.3 is 12.1 Å². The number of benzene rings is 2. The lowest BCUT2D eigenvalue weighted by molar-refractivity contribution is -0.137. The van der Waals surface area contributed by atoms with Crippen LogP contribution in [0.3, 0.4) is 0 Å². The Labute approximate surface area is 226 Å². The smallest absolute Gasteiger partial charge is 0.416 e. The third kappa shape index (κ3) is 5.13. The van der Waals surface area contributed by atoms with E-state index in [4.69, 9.17) is 0 Å². The zero-order valence-electron chi connectivity index (χ0n) is 21.9. The molecule has 6 nitrogen and oxygen atoms in total. The molecule has 4 fully saturated rings. The number of halogens is 3. The van der Waals surface area contributed by atoms with E-state index >= 15 is 0 Å². The Morgan fingerprint density at radius 1 is 0.846 bits per heavy atom. The van der Waals surface area contributed by atoms with E-state index in [0.29, 0.717) is 49.0 Å².